The standard InChI is InChI=1S/C12H20O4S/c1-3-17-12(14)16-9(2)15-11(13)10-7-5-4-6-8-10/h9-10H,3-8H2,1-2H3/t9-/m1/s1. The fraction of sp³-hybridized carbons (Fsp3) is 0.833. The van der Waals surface area contributed by atoms with E-state index in [2.05, 4.69) is 0 Å². The molecule has 0 aliphatic heterocycles. The molecular formula is C12H20O4S. The summed E-state index contributed by atoms with van der Waals surface area (Å²) in [6.45, 7) is 3.44. The molecule has 0 unspecified atom stereocenters. The Hall–Kier alpha value is -0.710. The van der Waals surface area contributed by atoms with E-state index in [-0.39, 0.29) is 11.9 Å². The van der Waals surface area contributed by atoms with Crippen LogP contribution in [0.15, 0.2) is 0 Å². The van der Waals surface area contributed by atoms with Crippen LogP contribution in [-0.4, -0.2) is 23.3 Å². The number of thioether (sulfide) groups is 1. The van der Waals surface area contributed by atoms with Crippen molar-refractivity contribution < 1.29 is 19.1 Å². The van der Waals surface area contributed by atoms with Gasteiger partial charge in [-0.25, -0.2) is 4.79 Å². The van der Waals surface area contributed by atoms with E-state index >= 15 is 0 Å². The highest BCUT2D eigenvalue weighted by Crippen LogP contribution is 2.25. The first-order valence-electron chi connectivity index (χ1n) is 6.17. The summed E-state index contributed by atoms with van der Waals surface area (Å²) in [7, 11) is 0. The van der Waals surface area contributed by atoms with Crippen LogP contribution in [0.3, 0.4) is 0 Å². The average molecular weight is 260 g/mol. The second-order valence-corrected chi connectivity index (χ2v) is 5.34. The topological polar surface area (TPSA) is 52.6 Å². The molecule has 0 bridgehead atoms. The molecule has 1 rings (SSSR count). The number of hydrogen-bond acceptors (Lipinski definition) is 5. The van der Waals surface area contributed by atoms with E-state index in [1.807, 2.05) is 6.92 Å². The van der Waals surface area contributed by atoms with Crippen LogP contribution in [0.5, 0.6) is 0 Å². The van der Waals surface area contributed by atoms with Crippen molar-refractivity contribution in [2.75, 3.05) is 5.75 Å². The summed E-state index contributed by atoms with van der Waals surface area (Å²) in [6, 6.07) is 0. The van der Waals surface area contributed by atoms with E-state index in [0.29, 0.717) is 5.75 Å². The molecule has 0 aromatic rings. The van der Waals surface area contributed by atoms with Gasteiger partial charge in [0.15, 0.2) is 0 Å². The number of esters is 1. The molecule has 1 aliphatic rings. The maximum atomic E-state index is 11.7. The normalized spacial score (nSPS) is 18.5. The zero-order valence-electron chi connectivity index (χ0n) is 10.4. The zero-order chi connectivity index (χ0) is 12.7. The Morgan fingerprint density at radius 3 is 2.47 bits per heavy atom. The number of carbonyl (C=O) groups is 2. The van der Waals surface area contributed by atoms with Crippen molar-refractivity contribution in [3.63, 3.8) is 0 Å². The minimum atomic E-state index is -0.782. The van der Waals surface area contributed by atoms with Crippen molar-refractivity contribution in [1.82, 2.24) is 0 Å². The predicted octanol–water partition coefficient (Wildman–Crippen LogP) is 3.35. The third-order valence-corrected chi connectivity index (χ3v) is 3.37. The number of ether oxygens (including phenoxy) is 2. The summed E-state index contributed by atoms with van der Waals surface area (Å²) in [5, 5.41) is -0.392. The molecule has 0 amide bonds. The Balaban J connectivity index is 2.26. The molecule has 1 aliphatic carbocycles. The molecule has 0 saturated heterocycles. The molecule has 0 aromatic heterocycles. The molecular weight excluding hydrogens is 240 g/mol. The molecule has 98 valence electrons. The molecule has 1 fully saturated rings. The molecule has 1 saturated carbocycles. The van der Waals surface area contributed by atoms with Gasteiger partial charge in [-0.15, -0.1) is 0 Å². The predicted molar refractivity (Wildman–Crippen MR) is 66.7 cm³/mol. The fourth-order valence-corrected chi connectivity index (χ4v) is 2.35. The minimum Gasteiger partial charge on any atom is -0.425 e. The summed E-state index contributed by atoms with van der Waals surface area (Å²) in [6.07, 6.45) is 4.36. The van der Waals surface area contributed by atoms with E-state index in [9.17, 15) is 9.59 Å². The molecule has 5 heteroatoms. The lowest BCUT2D eigenvalue weighted by atomic mass is 9.89. The van der Waals surface area contributed by atoms with E-state index in [1.165, 1.54) is 6.42 Å². The lowest BCUT2D eigenvalue weighted by Crippen LogP contribution is -2.26. The molecule has 4 nitrogen and oxygen atoms in total. The highest BCUT2D eigenvalue weighted by molar-refractivity contribution is 8.13. The van der Waals surface area contributed by atoms with E-state index < -0.39 is 11.6 Å². The smallest absolute Gasteiger partial charge is 0.370 e. The number of carbonyl (C=O) groups excluding carboxylic acids is 2. The van der Waals surface area contributed by atoms with E-state index in [0.717, 1.165) is 37.4 Å². The summed E-state index contributed by atoms with van der Waals surface area (Å²) in [5.74, 6) is 0.414. The second kappa shape index (κ2) is 7.58. The summed E-state index contributed by atoms with van der Waals surface area (Å²) in [4.78, 5) is 22.9. The van der Waals surface area contributed by atoms with Gasteiger partial charge in [-0.1, -0.05) is 26.2 Å². The van der Waals surface area contributed by atoms with Crippen molar-refractivity contribution in [1.29, 1.82) is 0 Å². The fourth-order valence-electron chi connectivity index (χ4n) is 1.91. The molecule has 0 spiro atoms. The van der Waals surface area contributed by atoms with Crippen LogP contribution in [0, 0.1) is 5.92 Å². The van der Waals surface area contributed by atoms with E-state index in [4.69, 9.17) is 9.47 Å². The molecule has 0 heterocycles. The van der Waals surface area contributed by atoms with Crippen LogP contribution < -0.4 is 0 Å². The van der Waals surface area contributed by atoms with Gasteiger partial charge < -0.3 is 9.47 Å². The van der Waals surface area contributed by atoms with Crippen molar-refractivity contribution in [2.45, 2.75) is 52.2 Å². The Kier molecular flexibility index (Phi) is 6.40. The number of hydrogen-bond donors (Lipinski definition) is 0. The maximum absolute atomic E-state index is 11.7. The summed E-state index contributed by atoms with van der Waals surface area (Å²) in [5.41, 5.74) is 0. The van der Waals surface area contributed by atoms with Crippen LogP contribution in [0.4, 0.5) is 4.79 Å². The van der Waals surface area contributed by atoms with Crippen molar-refractivity contribution in [3.05, 3.63) is 0 Å². The van der Waals surface area contributed by atoms with Gasteiger partial charge in [-0.05, 0) is 24.6 Å². The number of rotatable bonds is 4. The van der Waals surface area contributed by atoms with Crippen molar-refractivity contribution >= 4 is 23.0 Å². The summed E-state index contributed by atoms with van der Waals surface area (Å²) < 4.78 is 10.0. The first-order chi connectivity index (χ1) is 8.13. The second-order valence-electron chi connectivity index (χ2n) is 4.14. The van der Waals surface area contributed by atoms with Gasteiger partial charge in [0.2, 0.25) is 6.29 Å². The summed E-state index contributed by atoms with van der Waals surface area (Å²) >= 11 is 1.07. The van der Waals surface area contributed by atoms with Crippen LogP contribution in [0.25, 0.3) is 0 Å². The van der Waals surface area contributed by atoms with Crippen LogP contribution in [-0.2, 0) is 14.3 Å². The van der Waals surface area contributed by atoms with E-state index in [1.54, 1.807) is 6.92 Å². The van der Waals surface area contributed by atoms with Gasteiger partial charge >= 0.3 is 11.3 Å². The van der Waals surface area contributed by atoms with Crippen molar-refractivity contribution in [2.24, 2.45) is 5.92 Å². The third-order valence-electron chi connectivity index (χ3n) is 2.75. The van der Waals surface area contributed by atoms with Crippen LogP contribution in [0.1, 0.15) is 46.0 Å². The Morgan fingerprint density at radius 2 is 1.88 bits per heavy atom. The highest BCUT2D eigenvalue weighted by atomic mass is 32.2. The van der Waals surface area contributed by atoms with Gasteiger partial charge in [-0.2, -0.15) is 0 Å². The SMILES string of the molecule is CCSC(=O)O[C@H](C)OC(=O)C1CCCCC1. The quantitative estimate of drug-likeness (QED) is 0.573. The first-order valence-corrected chi connectivity index (χ1v) is 7.16. The maximum Gasteiger partial charge on any atom is 0.370 e. The van der Waals surface area contributed by atoms with Crippen LogP contribution >= 0.6 is 11.8 Å². The van der Waals surface area contributed by atoms with Gasteiger partial charge in [0.25, 0.3) is 0 Å². The average Bonchev–Trinajstić information content (AvgIpc) is 2.30. The molecule has 1 atom stereocenters. The first kappa shape index (κ1) is 14.4. The highest BCUT2D eigenvalue weighted by Gasteiger charge is 2.24. The lowest BCUT2D eigenvalue weighted by molar-refractivity contribution is -0.169. The minimum absolute atomic E-state index is 0.0104. The third kappa shape index (κ3) is 5.44. The Labute approximate surface area is 106 Å². The van der Waals surface area contributed by atoms with Gasteiger partial charge in [0.1, 0.15) is 0 Å². The monoisotopic (exact) mass is 260 g/mol. The van der Waals surface area contributed by atoms with Gasteiger partial charge in [0, 0.05) is 12.7 Å². The van der Waals surface area contributed by atoms with Gasteiger partial charge in [-0.3, -0.25) is 4.79 Å². The molecule has 0 N–H and O–H groups in total. The lowest BCUT2D eigenvalue weighted by Gasteiger charge is -2.22. The molecule has 17 heavy (non-hydrogen) atoms. The van der Waals surface area contributed by atoms with Crippen molar-refractivity contribution in [3.8, 4) is 0 Å². The Bertz CT molecular complexity index is 261. The largest absolute Gasteiger partial charge is 0.425 e. The molecule has 0 aromatic carbocycles. The Morgan fingerprint density at radius 1 is 1.24 bits per heavy atom. The van der Waals surface area contributed by atoms with Crippen LogP contribution in [0.2, 0.25) is 0 Å². The molecule has 0 radical (unpaired) electrons. The van der Waals surface area contributed by atoms with Gasteiger partial charge in [0.05, 0.1) is 5.92 Å². The zero-order valence-corrected chi connectivity index (χ0v) is 11.3.